The molecular formula is C20H26N2O. The van der Waals surface area contributed by atoms with Gasteiger partial charge in [-0.1, -0.05) is 18.2 Å². The van der Waals surface area contributed by atoms with Gasteiger partial charge in [0.1, 0.15) is 0 Å². The number of pyridine rings is 1. The highest BCUT2D eigenvalue weighted by Gasteiger charge is 2.30. The monoisotopic (exact) mass is 310 g/mol. The molecule has 0 radical (unpaired) electrons. The number of piperidine rings is 1. The minimum atomic E-state index is 0.523. The van der Waals surface area contributed by atoms with Crippen molar-refractivity contribution in [2.75, 3.05) is 24.6 Å². The van der Waals surface area contributed by atoms with Crippen LogP contribution in [0.4, 0.5) is 5.69 Å². The SMILES string of the molecule is Cc1cnc2c(C)cccc2c1N1CCC(C2CCCO2)CC1. The Morgan fingerprint density at radius 3 is 2.65 bits per heavy atom. The van der Waals surface area contributed by atoms with Crippen molar-refractivity contribution in [2.24, 2.45) is 5.92 Å². The largest absolute Gasteiger partial charge is 0.378 e. The van der Waals surface area contributed by atoms with E-state index in [1.807, 2.05) is 6.20 Å². The first-order valence-corrected chi connectivity index (χ1v) is 8.95. The van der Waals surface area contributed by atoms with Crippen LogP contribution in [0.3, 0.4) is 0 Å². The van der Waals surface area contributed by atoms with E-state index in [4.69, 9.17) is 4.74 Å². The molecule has 0 N–H and O–H groups in total. The first-order chi connectivity index (χ1) is 11.2. The molecule has 0 amide bonds. The number of benzene rings is 1. The van der Waals surface area contributed by atoms with Gasteiger partial charge in [-0.2, -0.15) is 0 Å². The van der Waals surface area contributed by atoms with E-state index in [2.05, 4.69) is 41.9 Å². The molecule has 1 atom stereocenters. The summed E-state index contributed by atoms with van der Waals surface area (Å²) in [4.78, 5) is 7.24. The van der Waals surface area contributed by atoms with Gasteiger partial charge in [0.25, 0.3) is 0 Å². The van der Waals surface area contributed by atoms with E-state index >= 15 is 0 Å². The molecule has 0 saturated carbocycles. The lowest BCUT2D eigenvalue weighted by atomic mass is 9.89. The maximum atomic E-state index is 5.91. The van der Waals surface area contributed by atoms with Gasteiger partial charge in [-0.25, -0.2) is 0 Å². The molecule has 122 valence electrons. The highest BCUT2D eigenvalue weighted by molar-refractivity contribution is 5.94. The average Bonchev–Trinajstić information content (AvgIpc) is 3.10. The Morgan fingerprint density at radius 1 is 1.09 bits per heavy atom. The molecule has 0 bridgehead atoms. The van der Waals surface area contributed by atoms with Gasteiger partial charge in [0.15, 0.2) is 0 Å². The van der Waals surface area contributed by atoms with Gasteiger partial charge in [0, 0.05) is 31.3 Å². The number of anilines is 1. The van der Waals surface area contributed by atoms with Crippen LogP contribution in [0.2, 0.25) is 0 Å². The van der Waals surface area contributed by atoms with E-state index in [1.165, 1.54) is 47.9 Å². The third-order valence-corrected chi connectivity index (χ3v) is 5.60. The van der Waals surface area contributed by atoms with Crippen LogP contribution in [0.25, 0.3) is 10.9 Å². The van der Waals surface area contributed by atoms with Crippen LogP contribution in [-0.2, 0) is 4.74 Å². The molecule has 2 fully saturated rings. The molecule has 1 unspecified atom stereocenters. The van der Waals surface area contributed by atoms with Crippen LogP contribution in [0.5, 0.6) is 0 Å². The standard InChI is InChI=1S/C20H26N2O/c1-14-5-3-6-17-19(14)21-13-15(2)20(17)22-10-8-16(9-11-22)18-7-4-12-23-18/h3,5-6,13,16,18H,4,7-12H2,1-2H3. The van der Waals surface area contributed by atoms with Crippen LogP contribution in [0, 0.1) is 19.8 Å². The maximum absolute atomic E-state index is 5.91. The smallest absolute Gasteiger partial charge is 0.0752 e. The summed E-state index contributed by atoms with van der Waals surface area (Å²) in [5, 5.41) is 1.31. The zero-order valence-corrected chi connectivity index (χ0v) is 14.2. The van der Waals surface area contributed by atoms with Gasteiger partial charge in [-0.15, -0.1) is 0 Å². The summed E-state index contributed by atoms with van der Waals surface area (Å²) >= 11 is 0. The fourth-order valence-electron chi connectivity index (χ4n) is 4.35. The summed E-state index contributed by atoms with van der Waals surface area (Å²) < 4.78 is 5.91. The zero-order valence-electron chi connectivity index (χ0n) is 14.2. The summed E-state index contributed by atoms with van der Waals surface area (Å²) in [7, 11) is 0. The highest BCUT2D eigenvalue weighted by Crippen LogP contribution is 2.35. The molecule has 2 saturated heterocycles. The molecular weight excluding hydrogens is 284 g/mol. The first kappa shape index (κ1) is 14.9. The number of nitrogens with zero attached hydrogens (tertiary/aromatic N) is 2. The molecule has 3 heterocycles. The minimum Gasteiger partial charge on any atom is -0.378 e. The van der Waals surface area contributed by atoms with Crippen LogP contribution < -0.4 is 4.90 Å². The van der Waals surface area contributed by atoms with E-state index in [0.29, 0.717) is 6.10 Å². The Bertz CT molecular complexity index is 698. The fraction of sp³-hybridized carbons (Fsp3) is 0.550. The lowest BCUT2D eigenvalue weighted by Crippen LogP contribution is -2.38. The predicted octanol–water partition coefficient (Wildman–Crippen LogP) is 4.25. The van der Waals surface area contributed by atoms with Crippen molar-refractivity contribution < 1.29 is 4.74 Å². The number of aryl methyl sites for hydroxylation is 2. The summed E-state index contributed by atoms with van der Waals surface area (Å²) in [5.41, 5.74) is 5.09. The molecule has 1 aromatic heterocycles. The van der Waals surface area contributed by atoms with Gasteiger partial charge in [-0.05, 0) is 56.6 Å². The molecule has 2 aromatic rings. The zero-order chi connectivity index (χ0) is 15.8. The third-order valence-electron chi connectivity index (χ3n) is 5.60. The fourth-order valence-corrected chi connectivity index (χ4v) is 4.35. The summed E-state index contributed by atoms with van der Waals surface area (Å²) in [5.74, 6) is 0.754. The Labute approximate surface area is 138 Å². The van der Waals surface area contributed by atoms with E-state index in [1.54, 1.807) is 0 Å². The lowest BCUT2D eigenvalue weighted by Gasteiger charge is -2.37. The molecule has 3 nitrogen and oxygen atoms in total. The summed E-state index contributed by atoms with van der Waals surface area (Å²) in [6, 6.07) is 6.53. The second-order valence-electron chi connectivity index (χ2n) is 7.14. The van der Waals surface area contributed by atoms with Gasteiger partial charge < -0.3 is 9.64 Å². The molecule has 3 heteroatoms. The number of para-hydroxylation sites is 1. The third kappa shape index (κ3) is 2.72. The Morgan fingerprint density at radius 2 is 1.91 bits per heavy atom. The maximum Gasteiger partial charge on any atom is 0.0752 e. The van der Waals surface area contributed by atoms with Crippen molar-refractivity contribution in [1.82, 2.24) is 4.98 Å². The number of ether oxygens (including phenoxy) is 1. The van der Waals surface area contributed by atoms with Gasteiger partial charge in [0.2, 0.25) is 0 Å². The molecule has 0 aliphatic carbocycles. The second kappa shape index (κ2) is 6.12. The quantitative estimate of drug-likeness (QED) is 0.829. The van der Waals surface area contributed by atoms with Crippen LogP contribution in [0.15, 0.2) is 24.4 Å². The Hall–Kier alpha value is -1.61. The number of fused-ring (bicyclic) bond motifs is 1. The number of aromatic nitrogens is 1. The second-order valence-corrected chi connectivity index (χ2v) is 7.14. The van der Waals surface area contributed by atoms with Crippen LogP contribution in [0.1, 0.15) is 36.8 Å². The van der Waals surface area contributed by atoms with Crippen LogP contribution >= 0.6 is 0 Å². The normalized spacial score (nSPS) is 22.9. The van der Waals surface area contributed by atoms with E-state index in [0.717, 1.165) is 31.1 Å². The van der Waals surface area contributed by atoms with E-state index in [-0.39, 0.29) is 0 Å². The molecule has 2 aliphatic rings. The number of rotatable bonds is 2. The van der Waals surface area contributed by atoms with Gasteiger partial charge in [-0.3, -0.25) is 4.98 Å². The average molecular weight is 310 g/mol. The van der Waals surface area contributed by atoms with Crippen molar-refractivity contribution in [3.63, 3.8) is 0 Å². The van der Waals surface area contributed by atoms with Crippen molar-refractivity contribution in [2.45, 2.75) is 45.6 Å². The van der Waals surface area contributed by atoms with Gasteiger partial charge in [0.05, 0.1) is 17.3 Å². The van der Waals surface area contributed by atoms with E-state index in [9.17, 15) is 0 Å². The minimum absolute atomic E-state index is 0.523. The first-order valence-electron chi connectivity index (χ1n) is 8.95. The number of hydrogen-bond acceptors (Lipinski definition) is 3. The van der Waals surface area contributed by atoms with Crippen molar-refractivity contribution in [3.05, 3.63) is 35.5 Å². The highest BCUT2D eigenvalue weighted by atomic mass is 16.5. The molecule has 4 rings (SSSR count). The molecule has 23 heavy (non-hydrogen) atoms. The summed E-state index contributed by atoms with van der Waals surface area (Å²) in [6.07, 6.45) is 7.57. The predicted molar refractivity (Wildman–Crippen MR) is 95.1 cm³/mol. The number of hydrogen-bond donors (Lipinski definition) is 0. The Balaban J connectivity index is 1.60. The van der Waals surface area contributed by atoms with Crippen molar-refractivity contribution in [3.8, 4) is 0 Å². The molecule has 1 aromatic carbocycles. The topological polar surface area (TPSA) is 25.4 Å². The molecule has 2 aliphatic heterocycles. The van der Waals surface area contributed by atoms with Crippen molar-refractivity contribution >= 4 is 16.6 Å². The van der Waals surface area contributed by atoms with Crippen molar-refractivity contribution in [1.29, 1.82) is 0 Å². The Kier molecular flexibility index (Phi) is 3.98. The lowest BCUT2D eigenvalue weighted by molar-refractivity contribution is 0.0532. The summed E-state index contributed by atoms with van der Waals surface area (Å²) in [6.45, 7) is 7.59. The van der Waals surface area contributed by atoms with Gasteiger partial charge >= 0.3 is 0 Å². The van der Waals surface area contributed by atoms with E-state index < -0.39 is 0 Å². The molecule has 0 spiro atoms. The van der Waals surface area contributed by atoms with Crippen LogP contribution in [-0.4, -0.2) is 30.8 Å².